The maximum Gasteiger partial charge on any atom is 0.293 e. The van der Waals surface area contributed by atoms with Gasteiger partial charge in [-0.15, -0.1) is 0 Å². The van der Waals surface area contributed by atoms with Gasteiger partial charge in [-0.25, -0.2) is 4.90 Å². The number of amides is 5. The molecule has 3 heterocycles. The maximum absolute atomic E-state index is 13.1. The van der Waals surface area contributed by atoms with E-state index < -0.39 is 28.9 Å². The first-order valence-electron chi connectivity index (χ1n) is 12.3. The van der Waals surface area contributed by atoms with Crippen molar-refractivity contribution < 1.29 is 33.4 Å². The number of imide groups is 2. The number of nitrogens with one attached hydrogen (secondary N) is 1. The van der Waals surface area contributed by atoms with Gasteiger partial charge in [0.25, 0.3) is 28.9 Å². The maximum atomic E-state index is 13.1. The predicted octanol–water partition coefficient (Wildman–Crippen LogP) is 3.99. The molecule has 5 amide bonds. The van der Waals surface area contributed by atoms with Crippen LogP contribution in [0.1, 0.15) is 42.2 Å². The number of hydrogen-bond donors (Lipinski definition) is 1. The molecular weight excluding hydrogens is 534 g/mol. The van der Waals surface area contributed by atoms with Gasteiger partial charge in [-0.2, -0.15) is 0 Å². The van der Waals surface area contributed by atoms with Gasteiger partial charge >= 0.3 is 0 Å². The Morgan fingerprint density at radius 3 is 2.52 bits per heavy atom. The average molecular weight is 556 g/mol. The van der Waals surface area contributed by atoms with Crippen LogP contribution in [0.2, 0.25) is 0 Å². The van der Waals surface area contributed by atoms with Crippen LogP contribution in [0.3, 0.4) is 0 Å². The molecule has 3 aromatic rings. The molecule has 40 heavy (non-hydrogen) atoms. The zero-order valence-corrected chi connectivity index (χ0v) is 21.9. The summed E-state index contributed by atoms with van der Waals surface area (Å²) in [7, 11) is 0. The molecule has 10 nitrogen and oxygen atoms in total. The van der Waals surface area contributed by atoms with Crippen molar-refractivity contribution in [2.75, 3.05) is 24.8 Å². The number of para-hydroxylation sites is 1. The molecule has 1 fully saturated rings. The summed E-state index contributed by atoms with van der Waals surface area (Å²) in [5.74, 6) is -0.731. The molecule has 0 unspecified atom stereocenters. The van der Waals surface area contributed by atoms with Gasteiger partial charge in [0, 0.05) is 18.7 Å². The molecule has 0 aliphatic carbocycles. The van der Waals surface area contributed by atoms with E-state index in [1.54, 1.807) is 36.4 Å². The molecule has 0 spiro atoms. The molecule has 3 aliphatic heterocycles. The second kappa shape index (κ2) is 10.0. The fourth-order valence-corrected chi connectivity index (χ4v) is 5.51. The Bertz CT molecular complexity index is 1670. The number of aryl methyl sites for hydroxylation is 1. The molecular formula is C29H21N3O7S. The molecule has 0 bridgehead atoms. The van der Waals surface area contributed by atoms with E-state index in [9.17, 15) is 24.0 Å². The van der Waals surface area contributed by atoms with E-state index in [-0.39, 0.29) is 41.5 Å². The number of carbonyl (C=O) groups is 5. The first-order chi connectivity index (χ1) is 19.3. The van der Waals surface area contributed by atoms with Crippen molar-refractivity contribution >= 4 is 52.4 Å². The molecule has 0 aromatic heterocycles. The smallest absolute Gasteiger partial charge is 0.293 e. The van der Waals surface area contributed by atoms with Crippen molar-refractivity contribution in [1.29, 1.82) is 0 Å². The molecule has 0 radical (unpaired) electrons. The molecule has 3 aliphatic rings. The number of benzene rings is 3. The standard InChI is InChI=1S/C29H21N3O7S/c1-16-4-2-3-5-21(16)32-26(34)19-8-7-18(14-20(19)27(32)35)25(33)30-10-11-31-28(36)24(40-29(31)37)13-17-6-9-22-23(12-17)39-15-38-22/h2-9,12-14H,10-11,15H2,1H3,(H,30,33)/b24-13+. The van der Waals surface area contributed by atoms with E-state index in [1.807, 2.05) is 19.1 Å². The monoisotopic (exact) mass is 555 g/mol. The van der Waals surface area contributed by atoms with Crippen molar-refractivity contribution in [3.05, 3.63) is 93.4 Å². The minimum atomic E-state index is -0.504. The Hall–Kier alpha value is -4.90. The Kier molecular flexibility index (Phi) is 6.35. The highest BCUT2D eigenvalue weighted by atomic mass is 32.2. The Labute approximate surface area is 232 Å². The van der Waals surface area contributed by atoms with E-state index in [1.165, 1.54) is 18.2 Å². The summed E-state index contributed by atoms with van der Waals surface area (Å²) in [4.78, 5) is 66.6. The number of fused-ring (bicyclic) bond motifs is 2. The van der Waals surface area contributed by atoms with Crippen molar-refractivity contribution in [2.45, 2.75) is 6.92 Å². The van der Waals surface area contributed by atoms with Crippen LogP contribution in [0, 0.1) is 6.92 Å². The Morgan fingerprint density at radius 2 is 1.70 bits per heavy atom. The average Bonchev–Trinajstić information content (AvgIpc) is 3.59. The van der Waals surface area contributed by atoms with E-state index in [2.05, 4.69) is 5.32 Å². The van der Waals surface area contributed by atoms with E-state index in [0.717, 1.165) is 27.1 Å². The summed E-state index contributed by atoms with van der Waals surface area (Å²) < 4.78 is 10.6. The highest BCUT2D eigenvalue weighted by Crippen LogP contribution is 2.36. The lowest BCUT2D eigenvalue weighted by Gasteiger charge is -2.16. The van der Waals surface area contributed by atoms with Gasteiger partial charge in [-0.05, 0) is 72.3 Å². The molecule has 11 heteroatoms. The van der Waals surface area contributed by atoms with Gasteiger partial charge in [-0.1, -0.05) is 24.3 Å². The minimum Gasteiger partial charge on any atom is -0.454 e. The van der Waals surface area contributed by atoms with Gasteiger partial charge in [-0.3, -0.25) is 28.9 Å². The van der Waals surface area contributed by atoms with Gasteiger partial charge < -0.3 is 14.8 Å². The minimum absolute atomic E-state index is 0.00741. The molecule has 3 aromatic carbocycles. The number of thioether (sulfide) groups is 1. The van der Waals surface area contributed by atoms with Crippen LogP contribution in [0.5, 0.6) is 11.5 Å². The van der Waals surface area contributed by atoms with Gasteiger partial charge in [0.05, 0.1) is 21.7 Å². The zero-order chi connectivity index (χ0) is 28.0. The number of ether oxygens (including phenoxy) is 2. The Morgan fingerprint density at radius 1 is 0.925 bits per heavy atom. The third kappa shape index (κ3) is 4.39. The molecule has 0 saturated carbocycles. The topological polar surface area (TPSA) is 122 Å². The van der Waals surface area contributed by atoms with Crippen molar-refractivity contribution in [2.24, 2.45) is 0 Å². The van der Waals surface area contributed by atoms with Crippen LogP contribution in [-0.2, 0) is 4.79 Å². The highest BCUT2D eigenvalue weighted by Gasteiger charge is 2.38. The molecule has 1 saturated heterocycles. The molecule has 0 atom stereocenters. The van der Waals surface area contributed by atoms with Crippen molar-refractivity contribution in [3.63, 3.8) is 0 Å². The third-order valence-corrected chi connectivity index (χ3v) is 7.60. The lowest BCUT2D eigenvalue weighted by atomic mass is 10.1. The number of hydrogen-bond acceptors (Lipinski definition) is 8. The quantitative estimate of drug-likeness (QED) is 0.358. The SMILES string of the molecule is Cc1ccccc1N1C(=O)c2ccc(C(=O)NCCN3C(=O)S/C(=C/c4ccc5c(c4)OCO5)C3=O)cc2C1=O. The molecule has 1 N–H and O–H groups in total. The lowest BCUT2D eigenvalue weighted by Crippen LogP contribution is -2.37. The highest BCUT2D eigenvalue weighted by molar-refractivity contribution is 8.18. The largest absolute Gasteiger partial charge is 0.454 e. The number of nitrogens with zero attached hydrogens (tertiary/aromatic N) is 2. The van der Waals surface area contributed by atoms with Crippen LogP contribution < -0.4 is 19.7 Å². The third-order valence-electron chi connectivity index (χ3n) is 6.69. The number of anilines is 1. The van der Waals surface area contributed by atoms with Crippen LogP contribution in [0.4, 0.5) is 10.5 Å². The van der Waals surface area contributed by atoms with Gasteiger partial charge in [0.15, 0.2) is 11.5 Å². The summed E-state index contributed by atoms with van der Waals surface area (Å²) >= 11 is 0.818. The van der Waals surface area contributed by atoms with E-state index in [4.69, 9.17) is 9.47 Å². The van der Waals surface area contributed by atoms with E-state index >= 15 is 0 Å². The number of rotatable bonds is 6. The number of carbonyl (C=O) groups excluding carboxylic acids is 5. The Balaban J connectivity index is 1.10. The van der Waals surface area contributed by atoms with Crippen LogP contribution in [0.15, 0.2) is 65.6 Å². The summed E-state index contributed by atoms with van der Waals surface area (Å²) in [5.41, 5.74) is 2.49. The summed E-state index contributed by atoms with van der Waals surface area (Å²) in [5, 5.41) is 2.23. The second-order valence-electron chi connectivity index (χ2n) is 9.19. The van der Waals surface area contributed by atoms with Crippen molar-refractivity contribution in [3.8, 4) is 11.5 Å². The summed E-state index contributed by atoms with van der Waals surface area (Å²) in [6.45, 7) is 1.92. The van der Waals surface area contributed by atoms with Gasteiger partial charge in [0.1, 0.15) is 0 Å². The molecule has 6 rings (SSSR count). The zero-order valence-electron chi connectivity index (χ0n) is 21.1. The van der Waals surface area contributed by atoms with Crippen molar-refractivity contribution in [1.82, 2.24) is 10.2 Å². The second-order valence-corrected chi connectivity index (χ2v) is 10.2. The van der Waals surface area contributed by atoms with Crippen LogP contribution in [0.25, 0.3) is 6.08 Å². The predicted molar refractivity (Wildman–Crippen MR) is 146 cm³/mol. The first-order valence-corrected chi connectivity index (χ1v) is 13.1. The first kappa shape index (κ1) is 25.4. The normalized spacial score (nSPS) is 16.8. The molecule has 200 valence electrons. The van der Waals surface area contributed by atoms with Crippen LogP contribution >= 0.6 is 11.8 Å². The van der Waals surface area contributed by atoms with Gasteiger partial charge in [0.2, 0.25) is 6.79 Å². The fourth-order valence-electron chi connectivity index (χ4n) is 4.65. The summed E-state index contributed by atoms with van der Waals surface area (Å²) in [6, 6.07) is 16.6. The summed E-state index contributed by atoms with van der Waals surface area (Å²) in [6.07, 6.45) is 1.61. The fraction of sp³-hybridized carbons (Fsp3) is 0.138. The van der Waals surface area contributed by atoms with Crippen LogP contribution in [-0.4, -0.2) is 53.7 Å². The lowest BCUT2D eigenvalue weighted by molar-refractivity contribution is -0.122. The van der Waals surface area contributed by atoms with E-state index in [0.29, 0.717) is 22.7 Å².